The molecule has 0 spiro atoms. The molecule has 0 amide bonds. The van der Waals surface area contributed by atoms with Crippen LogP contribution in [0.5, 0.6) is 0 Å². The van der Waals surface area contributed by atoms with Crippen LogP contribution < -0.4 is 4.90 Å². The summed E-state index contributed by atoms with van der Waals surface area (Å²) in [7, 11) is 0. The summed E-state index contributed by atoms with van der Waals surface area (Å²) >= 11 is 1.86. The van der Waals surface area contributed by atoms with Gasteiger partial charge in [-0.1, -0.05) is 158 Å². The van der Waals surface area contributed by atoms with Crippen molar-refractivity contribution in [2.24, 2.45) is 0 Å². The van der Waals surface area contributed by atoms with Crippen LogP contribution in [0, 0.1) is 0 Å². The summed E-state index contributed by atoms with van der Waals surface area (Å²) in [4.78, 5) is 2.37. The first-order valence-corrected chi connectivity index (χ1v) is 22.3. The quantitative estimate of drug-likeness (QED) is 0.148. The summed E-state index contributed by atoms with van der Waals surface area (Å²) in [6.45, 7) is 0. The SMILES string of the molecule is c1ccc(-c2cc(-c3ccccc3)cc(N(c3ccccc3)c3ccc(-c4ccccc4-c4ccc5c(c4)c4ccccc4n5-c4ccc5sc6ccccc6c5c4)cc3)c2)cc1. The molecule has 12 rings (SSSR count). The maximum Gasteiger partial charge on any atom is 0.0541 e. The fourth-order valence-electron chi connectivity index (χ4n) is 9.41. The van der Waals surface area contributed by atoms with E-state index in [1.54, 1.807) is 0 Å². The van der Waals surface area contributed by atoms with Crippen molar-refractivity contribution >= 4 is 70.4 Å². The molecule has 0 N–H and O–H groups in total. The topological polar surface area (TPSA) is 8.17 Å². The highest BCUT2D eigenvalue weighted by atomic mass is 32.1. The third-order valence-electron chi connectivity index (χ3n) is 12.4. The number of para-hydroxylation sites is 2. The molecule has 2 aromatic heterocycles. The number of rotatable bonds is 8. The smallest absolute Gasteiger partial charge is 0.0541 e. The first-order valence-electron chi connectivity index (χ1n) is 21.5. The van der Waals surface area contributed by atoms with E-state index >= 15 is 0 Å². The molecule has 296 valence electrons. The van der Waals surface area contributed by atoms with Crippen molar-refractivity contribution < 1.29 is 0 Å². The third-order valence-corrected chi connectivity index (χ3v) is 13.5. The van der Waals surface area contributed by atoms with Crippen molar-refractivity contribution in [1.82, 2.24) is 4.57 Å². The van der Waals surface area contributed by atoms with Gasteiger partial charge in [0.05, 0.1) is 11.0 Å². The van der Waals surface area contributed by atoms with Crippen molar-refractivity contribution in [3.63, 3.8) is 0 Å². The average molecular weight is 821 g/mol. The molecule has 0 unspecified atom stereocenters. The predicted molar refractivity (Wildman–Crippen MR) is 270 cm³/mol. The summed E-state index contributed by atoms with van der Waals surface area (Å²) in [5.41, 5.74) is 16.4. The Labute approximate surface area is 370 Å². The second kappa shape index (κ2) is 15.5. The van der Waals surface area contributed by atoms with E-state index in [1.807, 2.05) is 11.3 Å². The number of hydrogen-bond donors (Lipinski definition) is 0. The number of aromatic nitrogens is 1. The number of hydrogen-bond acceptors (Lipinski definition) is 2. The normalized spacial score (nSPS) is 11.5. The van der Waals surface area contributed by atoms with Gasteiger partial charge in [-0.05, 0) is 129 Å². The summed E-state index contributed by atoms with van der Waals surface area (Å²) in [6, 6.07) is 88.4. The van der Waals surface area contributed by atoms with Gasteiger partial charge < -0.3 is 9.47 Å². The largest absolute Gasteiger partial charge is 0.310 e. The first-order chi connectivity index (χ1) is 31.2. The maximum atomic E-state index is 2.43. The maximum absolute atomic E-state index is 2.43. The first kappa shape index (κ1) is 36.8. The van der Waals surface area contributed by atoms with Crippen molar-refractivity contribution in [2.75, 3.05) is 4.90 Å². The van der Waals surface area contributed by atoms with Crippen LogP contribution in [0.4, 0.5) is 17.1 Å². The Balaban J connectivity index is 0.950. The Kier molecular flexibility index (Phi) is 9.06. The van der Waals surface area contributed by atoms with Crippen molar-refractivity contribution in [3.05, 3.63) is 243 Å². The molecule has 0 aliphatic carbocycles. The number of fused-ring (bicyclic) bond motifs is 6. The lowest BCUT2D eigenvalue weighted by atomic mass is 9.93. The van der Waals surface area contributed by atoms with Crippen LogP contribution in [0.3, 0.4) is 0 Å². The molecular formula is C60H40N2S. The van der Waals surface area contributed by atoms with Crippen LogP contribution in [0.15, 0.2) is 243 Å². The zero-order valence-corrected chi connectivity index (χ0v) is 35.2. The zero-order valence-electron chi connectivity index (χ0n) is 34.4. The molecule has 0 aliphatic heterocycles. The van der Waals surface area contributed by atoms with Crippen LogP contribution in [0.25, 0.3) is 92.2 Å². The van der Waals surface area contributed by atoms with Gasteiger partial charge >= 0.3 is 0 Å². The Hall–Kier alpha value is -7.98. The minimum atomic E-state index is 1.09. The Morgan fingerprint density at radius 1 is 0.286 bits per heavy atom. The summed E-state index contributed by atoms with van der Waals surface area (Å²) in [5, 5.41) is 5.11. The lowest BCUT2D eigenvalue weighted by molar-refractivity contribution is 1.19. The second-order valence-corrected chi connectivity index (χ2v) is 17.2. The van der Waals surface area contributed by atoms with Crippen LogP contribution >= 0.6 is 11.3 Å². The molecule has 0 saturated heterocycles. The van der Waals surface area contributed by atoms with Crippen molar-refractivity contribution in [1.29, 1.82) is 0 Å². The van der Waals surface area contributed by atoms with Gasteiger partial charge in [0.15, 0.2) is 0 Å². The van der Waals surface area contributed by atoms with E-state index in [-0.39, 0.29) is 0 Å². The molecule has 63 heavy (non-hydrogen) atoms. The highest BCUT2D eigenvalue weighted by Gasteiger charge is 2.19. The molecule has 0 fully saturated rings. The minimum absolute atomic E-state index is 1.09. The summed E-state index contributed by atoms with van der Waals surface area (Å²) in [5.74, 6) is 0. The number of benzene rings is 10. The molecule has 3 heteroatoms. The van der Waals surface area contributed by atoms with Gasteiger partial charge in [0, 0.05) is 53.7 Å². The fraction of sp³-hybridized carbons (Fsp3) is 0. The highest BCUT2D eigenvalue weighted by Crippen LogP contribution is 2.43. The van der Waals surface area contributed by atoms with E-state index in [1.165, 1.54) is 92.2 Å². The van der Waals surface area contributed by atoms with E-state index in [9.17, 15) is 0 Å². The molecule has 0 radical (unpaired) electrons. The van der Waals surface area contributed by atoms with Crippen LogP contribution in [-0.4, -0.2) is 4.57 Å². The molecule has 2 nitrogen and oxygen atoms in total. The average Bonchev–Trinajstić information content (AvgIpc) is 3.90. The fourth-order valence-corrected chi connectivity index (χ4v) is 10.5. The molecule has 12 aromatic rings. The Morgan fingerprint density at radius 3 is 1.54 bits per heavy atom. The summed E-state index contributed by atoms with van der Waals surface area (Å²) in [6.07, 6.45) is 0. The molecule has 0 aliphatic rings. The van der Waals surface area contributed by atoms with Crippen LogP contribution in [0.1, 0.15) is 0 Å². The van der Waals surface area contributed by atoms with Gasteiger partial charge in [-0.15, -0.1) is 11.3 Å². The molecule has 2 heterocycles. The molecular weight excluding hydrogens is 781 g/mol. The van der Waals surface area contributed by atoms with E-state index in [0.29, 0.717) is 0 Å². The van der Waals surface area contributed by atoms with E-state index in [4.69, 9.17) is 0 Å². The predicted octanol–water partition coefficient (Wildman–Crippen LogP) is 17.3. The number of nitrogens with zero attached hydrogens (tertiary/aromatic N) is 2. The molecule has 0 bridgehead atoms. The lowest BCUT2D eigenvalue weighted by Crippen LogP contribution is -2.10. The Bertz CT molecular complexity index is 3550. The second-order valence-electron chi connectivity index (χ2n) is 16.1. The van der Waals surface area contributed by atoms with Crippen molar-refractivity contribution in [2.45, 2.75) is 0 Å². The lowest BCUT2D eigenvalue weighted by Gasteiger charge is -2.27. The monoisotopic (exact) mass is 820 g/mol. The number of thiophene rings is 1. The van der Waals surface area contributed by atoms with Crippen LogP contribution in [0.2, 0.25) is 0 Å². The van der Waals surface area contributed by atoms with Gasteiger partial charge in [-0.2, -0.15) is 0 Å². The van der Waals surface area contributed by atoms with Gasteiger partial charge in [0.25, 0.3) is 0 Å². The summed E-state index contributed by atoms with van der Waals surface area (Å²) < 4.78 is 5.07. The van der Waals surface area contributed by atoms with Gasteiger partial charge in [-0.25, -0.2) is 0 Å². The van der Waals surface area contributed by atoms with Gasteiger partial charge in [0.2, 0.25) is 0 Å². The standard InChI is InChI=1S/C60H40N2S/c1-4-16-41(17-5-1)45-36-46(42-18-6-2-7-19-42)38-50(37-45)61(47-20-8-3-9-21-47)48-31-28-43(29-32-48)51-22-10-11-23-52(51)44-30-34-58-55(39-44)53-24-12-14-26-57(53)62(58)49-33-35-60-56(40-49)54-25-13-15-27-59(54)63-60/h1-40H. The van der Waals surface area contributed by atoms with E-state index in [2.05, 4.69) is 252 Å². The van der Waals surface area contributed by atoms with Gasteiger partial charge in [0.1, 0.15) is 0 Å². The molecule has 0 saturated carbocycles. The highest BCUT2D eigenvalue weighted by molar-refractivity contribution is 7.25. The van der Waals surface area contributed by atoms with E-state index < -0.39 is 0 Å². The molecule has 10 aromatic carbocycles. The van der Waals surface area contributed by atoms with Gasteiger partial charge in [-0.3, -0.25) is 0 Å². The Morgan fingerprint density at radius 2 is 0.825 bits per heavy atom. The minimum Gasteiger partial charge on any atom is -0.310 e. The molecule has 0 atom stereocenters. The van der Waals surface area contributed by atoms with Crippen LogP contribution in [-0.2, 0) is 0 Å². The third kappa shape index (κ3) is 6.58. The van der Waals surface area contributed by atoms with E-state index in [0.717, 1.165) is 17.1 Å². The zero-order chi connectivity index (χ0) is 41.7. The van der Waals surface area contributed by atoms with Crippen molar-refractivity contribution in [3.8, 4) is 50.2 Å². The number of anilines is 3.